The number of aryl methyl sites for hydroxylation is 1. The van der Waals surface area contributed by atoms with Crippen molar-refractivity contribution < 1.29 is 0 Å². The molecule has 1 aromatic carbocycles. The van der Waals surface area contributed by atoms with Crippen LogP contribution in [0.25, 0.3) is 10.4 Å². The van der Waals surface area contributed by atoms with E-state index in [1.54, 1.807) is 11.3 Å². The Morgan fingerprint density at radius 1 is 1.27 bits per heavy atom. The van der Waals surface area contributed by atoms with Crippen LogP contribution < -0.4 is 5.32 Å². The molecule has 0 saturated heterocycles. The molecular formula is C12H14N2S. The first-order valence-corrected chi connectivity index (χ1v) is 5.79. The standard InChI is InChI=1S/C12H14N2S/c1-9-12(10-6-4-3-5-7-10)15-11(14-9)8-13-2/h3-7,13H,8H2,1-2H3. The van der Waals surface area contributed by atoms with Gasteiger partial charge in [-0.1, -0.05) is 30.3 Å². The Kier molecular flexibility index (Phi) is 3.14. The van der Waals surface area contributed by atoms with E-state index in [2.05, 4.69) is 41.5 Å². The zero-order chi connectivity index (χ0) is 10.7. The average Bonchev–Trinajstić information content (AvgIpc) is 2.61. The fourth-order valence-corrected chi connectivity index (χ4v) is 2.62. The van der Waals surface area contributed by atoms with Crippen LogP contribution in [-0.2, 0) is 6.54 Å². The highest BCUT2D eigenvalue weighted by Crippen LogP contribution is 2.29. The van der Waals surface area contributed by atoms with Crippen molar-refractivity contribution in [1.29, 1.82) is 0 Å². The molecule has 0 fully saturated rings. The Morgan fingerprint density at radius 3 is 2.67 bits per heavy atom. The second-order valence-electron chi connectivity index (χ2n) is 3.42. The Bertz CT molecular complexity index is 434. The zero-order valence-electron chi connectivity index (χ0n) is 8.95. The quantitative estimate of drug-likeness (QED) is 0.857. The highest BCUT2D eigenvalue weighted by Gasteiger charge is 2.08. The third kappa shape index (κ3) is 2.25. The highest BCUT2D eigenvalue weighted by molar-refractivity contribution is 7.15. The minimum absolute atomic E-state index is 0.846. The summed E-state index contributed by atoms with van der Waals surface area (Å²) in [5.41, 5.74) is 2.38. The maximum absolute atomic E-state index is 4.53. The summed E-state index contributed by atoms with van der Waals surface area (Å²) in [4.78, 5) is 5.81. The second-order valence-corrected chi connectivity index (χ2v) is 4.50. The van der Waals surface area contributed by atoms with Crippen LogP contribution in [0.1, 0.15) is 10.7 Å². The molecule has 15 heavy (non-hydrogen) atoms. The van der Waals surface area contributed by atoms with E-state index < -0.39 is 0 Å². The molecule has 0 atom stereocenters. The molecule has 1 aromatic heterocycles. The average molecular weight is 218 g/mol. The SMILES string of the molecule is CNCc1nc(C)c(-c2ccccc2)s1. The smallest absolute Gasteiger partial charge is 0.107 e. The van der Waals surface area contributed by atoms with Crippen LogP contribution in [0, 0.1) is 6.92 Å². The van der Waals surface area contributed by atoms with Crippen LogP contribution >= 0.6 is 11.3 Å². The Hall–Kier alpha value is -1.19. The number of nitrogens with one attached hydrogen (secondary N) is 1. The number of thiazole rings is 1. The molecule has 0 radical (unpaired) electrons. The van der Waals surface area contributed by atoms with E-state index in [4.69, 9.17) is 0 Å². The molecule has 0 aliphatic rings. The van der Waals surface area contributed by atoms with Gasteiger partial charge in [-0.15, -0.1) is 11.3 Å². The predicted molar refractivity (Wildman–Crippen MR) is 65.1 cm³/mol. The lowest BCUT2D eigenvalue weighted by Crippen LogP contribution is -2.04. The van der Waals surface area contributed by atoms with Gasteiger partial charge in [0.1, 0.15) is 5.01 Å². The first-order chi connectivity index (χ1) is 7.31. The molecule has 0 amide bonds. The first-order valence-electron chi connectivity index (χ1n) is 4.97. The van der Waals surface area contributed by atoms with E-state index in [0.29, 0.717) is 0 Å². The van der Waals surface area contributed by atoms with Gasteiger partial charge in [-0.05, 0) is 19.5 Å². The fraction of sp³-hybridized carbons (Fsp3) is 0.250. The summed E-state index contributed by atoms with van der Waals surface area (Å²) in [6.07, 6.45) is 0. The normalized spacial score (nSPS) is 10.5. The molecule has 2 nitrogen and oxygen atoms in total. The van der Waals surface area contributed by atoms with Gasteiger partial charge in [0.15, 0.2) is 0 Å². The lowest BCUT2D eigenvalue weighted by molar-refractivity contribution is 0.807. The van der Waals surface area contributed by atoms with E-state index in [-0.39, 0.29) is 0 Å². The summed E-state index contributed by atoms with van der Waals surface area (Å²) in [7, 11) is 1.94. The maximum atomic E-state index is 4.53. The van der Waals surface area contributed by atoms with Gasteiger partial charge in [-0.25, -0.2) is 4.98 Å². The van der Waals surface area contributed by atoms with Crippen molar-refractivity contribution in [3.8, 4) is 10.4 Å². The Labute approximate surface area is 94.0 Å². The minimum atomic E-state index is 0.846. The minimum Gasteiger partial charge on any atom is -0.314 e. The molecule has 78 valence electrons. The van der Waals surface area contributed by atoms with Crippen LogP contribution in [0.2, 0.25) is 0 Å². The zero-order valence-corrected chi connectivity index (χ0v) is 9.77. The van der Waals surface area contributed by atoms with Gasteiger partial charge in [0.2, 0.25) is 0 Å². The van der Waals surface area contributed by atoms with E-state index in [1.807, 2.05) is 13.1 Å². The Morgan fingerprint density at radius 2 is 2.00 bits per heavy atom. The number of benzene rings is 1. The number of hydrogen-bond acceptors (Lipinski definition) is 3. The van der Waals surface area contributed by atoms with Gasteiger partial charge >= 0.3 is 0 Å². The maximum Gasteiger partial charge on any atom is 0.107 e. The predicted octanol–water partition coefficient (Wildman–Crippen LogP) is 2.84. The van der Waals surface area contributed by atoms with Crippen LogP contribution in [0.3, 0.4) is 0 Å². The molecule has 0 aliphatic carbocycles. The second kappa shape index (κ2) is 4.55. The van der Waals surface area contributed by atoms with Crippen molar-refractivity contribution in [2.75, 3.05) is 7.05 Å². The number of rotatable bonds is 3. The number of aromatic nitrogens is 1. The third-order valence-corrected chi connectivity index (χ3v) is 3.41. The summed E-state index contributed by atoms with van der Waals surface area (Å²) in [6, 6.07) is 10.4. The molecule has 0 aliphatic heterocycles. The van der Waals surface area contributed by atoms with Gasteiger partial charge < -0.3 is 5.32 Å². The van der Waals surface area contributed by atoms with Crippen molar-refractivity contribution in [1.82, 2.24) is 10.3 Å². The highest BCUT2D eigenvalue weighted by atomic mass is 32.1. The van der Waals surface area contributed by atoms with Crippen molar-refractivity contribution in [3.05, 3.63) is 41.0 Å². The first kappa shape index (κ1) is 10.3. The molecule has 0 unspecified atom stereocenters. The van der Waals surface area contributed by atoms with Crippen LogP contribution in [0.5, 0.6) is 0 Å². The van der Waals surface area contributed by atoms with Crippen molar-refractivity contribution in [2.45, 2.75) is 13.5 Å². The van der Waals surface area contributed by atoms with Gasteiger partial charge in [-0.2, -0.15) is 0 Å². The van der Waals surface area contributed by atoms with Crippen molar-refractivity contribution >= 4 is 11.3 Å². The lowest BCUT2D eigenvalue weighted by atomic mass is 10.2. The van der Waals surface area contributed by atoms with Crippen molar-refractivity contribution in [3.63, 3.8) is 0 Å². The van der Waals surface area contributed by atoms with Gasteiger partial charge in [-0.3, -0.25) is 0 Å². The van der Waals surface area contributed by atoms with E-state index in [0.717, 1.165) is 17.2 Å². The van der Waals surface area contributed by atoms with Gasteiger partial charge in [0.05, 0.1) is 10.6 Å². The van der Waals surface area contributed by atoms with Gasteiger partial charge in [0, 0.05) is 6.54 Å². The monoisotopic (exact) mass is 218 g/mol. The molecule has 0 saturated carbocycles. The number of nitrogens with zero attached hydrogens (tertiary/aromatic N) is 1. The molecular weight excluding hydrogens is 204 g/mol. The summed E-state index contributed by atoms with van der Waals surface area (Å²) in [5.74, 6) is 0. The molecule has 2 aromatic rings. The summed E-state index contributed by atoms with van der Waals surface area (Å²) in [5, 5.41) is 4.27. The lowest BCUT2D eigenvalue weighted by Gasteiger charge is -1.96. The molecule has 0 spiro atoms. The summed E-state index contributed by atoms with van der Waals surface area (Å²) < 4.78 is 0. The molecule has 1 N–H and O–H groups in total. The number of hydrogen-bond donors (Lipinski definition) is 1. The molecule has 0 bridgehead atoms. The molecule has 3 heteroatoms. The Balaban J connectivity index is 2.36. The largest absolute Gasteiger partial charge is 0.314 e. The van der Waals surface area contributed by atoms with E-state index >= 15 is 0 Å². The molecule has 1 heterocycles. The fourth-order valence-electron chi connectivity index (χ4n) is 1.54. The van der Waals surface area contributed by atoms with E-state index in [1.165, 1.54) is 10.4 Å². The van der Waals surface area contributed by atoms with Crippen molar-refractivity contribution in [2.24, 2.45) is 0 Å². The summed E-state index contributed by atoms with van der Waals surface area (Å²) >= 11 is 1.76. The van der Waals surface area contributed by atoms with Crippen LogP contribution in [-0.4, -0.2) is 12.0 Å². The molecule has 2 rings (SSSR count). The topological polar surface area (TPSA) is 24.9 Å². The van der Waals surface area contributed by atoms with Crippen LogP contribution in [0.15, 0.2) is 30.3 Å². The third-order valence-electron chi connectivity index (χ3n) is 2.20. The van der Waals surface area contributed by atoms with Crippen LogP contribution in [0.4, 0.5) is 0 Å². The summed E-state index contributed by atoms with van der Waals surface area (Å²) in [6.45, 7) is 2.91. The van der Waals surface area contributed by atoms with Gasteiger partial charge in [0.25, 0.3) is 0 Å². The van der Waals surface area contributed by atoms with E-state index in [9.17, 15) is 0 Å².